The van der Waals surface area contributed by atoms with E-state index in [0.717, 1.165) is 16.8 Å². The van der Waals surface area contributed by atoms with Gasteiger partial charge in [-0.05, 0) is 29.5 Å². The van der Waals surface area contributed by atoms with Crippen LogP contribution in [0, 0.1) is 0 Å². The number of fused-ring (bicyclic) bond motifs is 1. The lowest BCUT2D eigenvalue weighted by Crippen LogP contribution is -1.84. The first-order chi connectivity index (χ1) is 6.33. The maximum Gasteiger partial charge on any atom is 0.0500 e. The number of aryl methyl sites for hydroxylation is 1. The molecule has 0 fully saturated rings. The molecule has 66 valence electrons. The van der Waals surface area contributed by atoms with Crippen LogP contribution in [0.15, 0.2) is 30.6 Å². The molecule has 0 aliphatic heterocycles. The minimum Gasteiger partial charge on any atom is -0.264 e. The molecule has 0 radical (unpaired) electrons. The highest BCUT2D eigenvalue weighted by Gasteiger charge is 2.01. The molecule has 1 heterocycles. The molecule has 0 saturated heterocycles. The van der Waals surface area contributed by atoms with Crippen molar-refractivity contribution in [1.29, 1.82) is 0 Å². The lowest BCUT2D eigenvalue weighted by molar-refractivity contribution is 1.16. The SMILES string of the molecule is CCc1ccc(Cl)c2cnccc12. The molecule has 2 aromatic rings. The van der Waals surface area contributed by atoms with Gasteiger partial charge in [0.2, 0.25) is 0 Å². The van der Waals surface area contributed by atoms with Gasteiger partial charge < -0.3 is 0 Å². The topological polar surface area (TPSA) is 12.9 Å². The van der Waals surface area contributed by atoms with Crippen molar-refractivity contribution in [2.45, 2.75) is 13.3 Å². The second-order valence-electron chi connectivity index (χ2n) is 2.98. The third-order valence-corrected chi connectivity index (χ3v) is 2.57. The van der Waals surface area contributed by atoms with Crippen LogP contribution in [0.25, 0.3) is 10.8 Å². The number of benzene rings is 1. The fourth-order valence-corrected chi connectivity index (χ4v) is 1.74. The highest BCUT2D eigenvalue weighted by Crippen LogP contribution is 2.25. The third-order valence-electron chi connectivity index (χ3n) is 2.24. The van der Waals surface area contributed by atoms with Crippen molar-refractivity contribution in [3.63, 3.8) is 0 Å². The summed E-state index contributed by atoms with van der Waals surface area (Å²) >= 11 is 6.05. The molecule has 0 saturated carbocycles. The van der Waals surface area contributed by atoms with Crippen LogP contribution in [-0.2, 0) is 6.42 Å². The molecule has 1 nitrogen and oxygen atoms in total. The van der Waals surface area contributed by atoms with Crippen LogP contribution >= 0.6 is 11.6 Å². The second-order valence-corrected chi connectivity index (χ2v) is 3.39. The zero-order chi connectivity index (χ0) is 9.26. The first kappa shape index (κ1) is 8.52. The molecule has 0 atom stereocenters. The average Bonchev–Trinajstić information content (AvgIpc) is 2.19. The summed E-state index contributed by atoms with van der Waals surface area (Å²) in [5.41, 5.74) is 1.32. The zero-order valence-corrected chi connectivity index (χ0v) is 8.17. The van der Waals surface area contributed by atoms with Crippen LogP contribution in [0.4, 0.5) is 0 Å². The van der Waals surface area contributed by atoms with Gasteiger partial charge in [-0.3, -0.25) is 4.98 Å². The predicted octanol–water partition coefficient (Wildman–Crippen LogP) is 3.45. The lowest BCUT2D eigenvalue weighted by Gasteiger charge is -2.04. The maximum atomic E-state index is 6.05. The van der Waals surface area contributed by atoms with Crippen LogP contribution in [0.1, 0.15) is 12.5 Å². The van der Waals surface area contributed by atoms with E-state index in [1.54, 1.807) is 6.20 Å². The summed E-state index contributed by atoms with van der Waals surface area (Å²) in [6.07, 6.45) is 4.65. The summed E-state index contributed by atoms with van der Waals surface area (Å²) < 4.78 is 0. The van der Waals surface area contributed by atoms with E-state index in [2.05, 4.69) is 18.0 Å². The summed E-state index contributed by atoms with van der Waals surface area (Å²) in [6, 6.07) is 6.02. The van der Waals surface area contributed by atoms with Crippen LogP contribution < -0.4 is 0 Å². The van der Waals surface area contributed by atoms with Crippen LogP contribution in [-0.4, -0.2) is 4.98 Å². The van der Waals surface area contributed by atoms with Crippen molar-refractivity contribution >= 4 is 22.4 Å². The summed E-state index contributed by atoms with van der Waals surface area (Å²) in [4.78, 5) is 4.06. The van der Waals surface area contributed by atoms with E-state index in [1.807, 2.05) is 18.3 Å². The van der Waals surface area contributed by atoms with E-state index in [0.29, 0.717) is 0 Å². The summed E-state index contributed by atoms with van der Waals surface area (Å²) in [5.74, 6) is 0. The van der Waals surface area contributed by atoms with Gasteiger partial charge in [0.05, 0.1) is 0 Å². The minimum atomic E-state index is 0.778. The van der Waals surface area contributed by atoms with E-state index in [4.69, 9.17) is 11.6 Å². The maximum absolute atomic E-state index is 6.05. The van der Waals surface area contributed by atoms with Gasteiger partial charge in [-0.2, -0.15) is 0 Å². The second kappa shape index (κ2) is 3.35. The Hall–Kier alpha value is -1.08. The van der Waals surface area contributed by atoms with E-state index in [1.165, 1.54) is 10.9 Å². The van der Waals surface area contributed by atoms with Crippen molar-refractivity contribution < 1.29 is 0 Å². The first-order valence-corrected chi connectivity index (χ1v) is 4.72. The van der Waals surface area contributed by atoms with Crippen molar-refractivity contribution in [3.8, 4) is 0 Å². The number of hydrogen-bond donors (Lipinski definition) is 0. The Labute approximate surface area is 82.4 Å². The van der Waals surface area contributed by atoms with Gasteiger partial charge >= 0.3 is 0 Å². The van der Waals surface area contributed by atoms with Gasteiger partial charge in [-0.1, -0.05) is 24.6 Å². The lowest BCUT2D eigenvalue weighted by atomic mass is 10.1. The van der Waals surface area contributed by atoms with Gasteiger partial charge in [0, 0.05) is 22.8 Å². The van der Waals surface area contributed by atoms with Crippen molar-refractivity contribution in [2.24, 2.45) is 0 Å². The van der Waals surface area contributed by atoms with Gasteiger partial charge in [0.1, 0.15) is 0 Å². The Morgan fingerprint density at radius 1 is 1.23 bits per heavy atom. The van der Waals surface area contributed by atoms with Crippen LogP contribution in [0.3, 0.4) is 0 Å². The van der Waals surface area contributed by atoms with E-state index < -0.39 is 0 Å². The molecule has 0 amide bonds. The Bertz CT molecular complexity index is 437. The number of hydrogen-bond acceptors (Lipinski definition) is 1. The van der Waals surface area contributed by atoms with Crippen LogP contribution in [0.2, 0.25) is 5.02 Å². The molecule has 0 aliphatic rings. The van der Waals surface area contributed by atoms with Crippen molar-refractivity contribution in [3.05, 3.63) is 41.2 Å². The first-order valence-electron chi connectivity index (χ1n) is 4.34. The minimum absolute atomic E-state index is 0.778. The quantitative estimate of drug-likeness (QED) is 0.673. The van der Waals surface area contributed by atoms with Gasteiger partial charge in [-0.15, -0.1) is 0 Å². The highest BCUT2D eigenvalue weighted by molar-refractivity contribution is 6.35. The Balaban J connectivity index is 2.84. The molecule has 1 aromatic heterocycles. The van der Waals surface area contributed by atoms with E-state index >= 15 is 0 Å². The molecule has 0 unspecified atom stereocenters. The molecule has 0 N–H and O–H groups in total. The molecule has 2 heteroatoms. The van der Waals surface area contributed by atoms with E-state index in [9.17, 15) is 0 Å². The fourth-order valence-electron chi connectivity index (χ4n) is 1.53. The fraction of sp³-hybridized carbons (Fsp3) is 0.182. The van der Waals surface area contributed by atoms with Crippen molar-refractivity contribution in [2.75, 3.05) is 0 Å². The Morgan fingerprint density at radius 3 is 2.85 bits per heavy atom. The average molecular weight is 192 g/mol. The standard InChI is InChI=1S/C11H10ClN/c1-2-8-3-4-11(12)10-7-13-6-5-9(8)10/h3-7H,2H2,1H3. The molecular formula is C11H10ClN. The Morgan fingerprint density at radius 2 is 2.08 bits per heavy atom. The predicted molar refractivity (Wildman–Crippen MR) is 56.1 cm³/mol. The zero-order valence-electron chi connectivity index (χ0n) is 7.42. The summed E-state index contributed by atoms with van der Waals surface area (Å²) in [5, 5.41) is 3.04. The molecule has 0 bridgehead atoms. The number of nitrogens with zero attached hydrogens (tertiary/aromatic N) is 1. The number of pyridine rings is 1. The smallest absolute Gasteiger partial charge is 0.0500 e. The summed E-state index contributed by atoms with van der Waals surface area (Å²) in [6.45, 7) is 2.14. The third kappa shape index (κ3) is 1.40. The summed E-state index contributed by atoms with van der Waals surface area (Å²) in [7, 11) is 0. The molecule has 0 spiro atoms. The van der Waals surface area contributed by atoms with Gasteiger partial charge in [0.15, 0.2) is 0 Å². The van der Waals surface area contributed by atoms with E-state index in [-0.39, 0.29) is 0 Å². The van der Waals surface area contributed by atoms with Crippen LogP contribution in [0.5, 0.6) is 0 Å². The molecule has 13 heavy (non-hydrogen) atoms. The van der Waals surface area contributed by atoms with Gasteiger partial charge in [-0.25, -0.2) is 0 Å². The molecule has 2 rings (SSSR count). The number of rotatable bonds is 1. The number of aromatic nitrogens is 1. The number of halogens is 1. The van der Waals surface area contributed by atoms with Crippen molar-refractivity contribution in [1.82, 2.24) is 4.98 Å². The molecule has 0 aliphatic carbocycles. The largest absolute Gasteiger partial charge is 0.264 e. The highest BCUT2D eigenvalue weighted by atomic mass is 35.5. The molecular weight excluding hydrogens is 182 g/mol. The normalized spacial score (nSPS) is 10.6. The monoisotopic (exact) mass is 191 g/mol. The molecule has 1 aromatic carbocycles. The Kier molecular flexibility index (Phi) is 2.19. The van der Waals surface area contributed by atoms with Gasteiger partial charge in [0.25, 0.3) is 0 Å².